The summed E-state index contributed by atoms with van der Waals surface area (Å²) in [5, 5.41) is 23.0. The van der Waals surface area contributed by atoms with Crippen LogP contribution >= 0.6 is 0 Å². The van der Waals surface area contributed by atoms with E-state index in [1.54, 1.807) is 22.2 Å². The zero-order chi connectivity index (χ0) is 46.4. The number of hydrogen-bond donors (Lipinski definition) is 3. The number of β-amino-alcohol motifs (C(OH)–C–C–N with tert-alkyl or cyclic N) is 1. The second-order valence-corrected chi connectivity index (χ2v) is 16.2. The van der Waals surface area contributed by atoms with E-state index in [1.165, 1.54) is 30.7 Å². The van der Waals surface area contributed by atoms with Gasteiger partial charge in [0.1, 0.15) is 30.6 Å². The molecule has 0 spiro atoms. The van der Waals surface area contributed by atoms with Crippen LogP contribution in [0.1, 0.15) is 65.7 Å². The summed E-state index contributed by atoms with van der Waals surface area (Å²) in [5.41, 5.74) is 5.58. The molecule has 16 nitrogen and oxygen atoms in total. The van der Waals surface area contributed by atoms with E-state index in [4.69, 9.17) is 14.2 Å². The van der Waals surface area contributed by atoms with Gasteiger partial charge in [0.2, 0.25) is 0 Å². The number of pyridine rings is 2. The van der Waals surface area contributed by atoms with Crippen LogP contribution in [0.3, 0.4) is 0 Å². The maximum Gasteiger partial charge on any atom is 0.410 e. The van der Waals surface area contributed by atoms with Crippen molar-refractivity contribution in [3.05, 3.63) is 172 Å². The number of fused-ring (bicyclic) bond motifs is 2. The predicted octanol–water partition coefficient (Wildman–Crippen LogP) is 8.94. The van der Waals surface area contributed by atoms with Crippen molar-refractivity contribution in [3.8, 4) is 0 Å². The number of aliphatic hydroxyl groups is 1. The number of likely N-dealkylation sites (tertiary alicyclic amines) is 2. The van der Waals surface area contributed by atoms with Crippen LogP contribution in [0.15, 0.2) is 134 Å². The number of non-ortho nitro benzene ring substituents is 1. The van der Waals surface area contributed by atoms with Crippen LogP contribution < -0.4 is 0 Å². The van der Waals surface area contributed by atoms with Crippen molar-refractivity contribution in [3.63, 3.8) is 0 Å². The van der Waals surface area contributed by atoms with Crippen LogP contribution in [0.25, 0.3) is 22.1 Å². The quantitative estimate of drug-likeness (QED) is 0.0484. The summed E-state index contributed by atoms with van der Waals surface area (Å²) in [6.07, 6.45) is 8.72. The molecule has 3 aromatic carbocycles. The van der Waals surface area contributed by atoms with E-state index in [0.29, 0.717) is 32.2 Å². The van der Waals surface area contributed by atoms with Crippen molar-refractivity contribution in [1.29, 1.82) is 0 Å². The van der Waals surface area contributed by atoms with Gasteiger partial charge in [-0.15, -0.1) is 0 Å². The number of esters is 1. The van der Waals surface area contributed by atoms with Gasteiger partial charge in [-0.05, 0) is 77.9 Å². The first-order valence-electron chi connectivity index (χ1n) is 22.0. The fourth-order valence-electron chi connectivity index (χ4n) is 8.10. The number of nitrogens with zero attached hydrogens (tertiary/aromatic N) is 5. The van der Waals surface area contributed by atoms with E-state index in [1.807, 2.05) is 97.3 Å². The Morgan fingerprint density at radius 1 is 0.697 bits per heavy atom. The Labute approximate surface area is 381 Å². The molecule has 2 amide bonds. The number of hydrogen-bond acceptors (Lipinski definition) is 11. The average Bonchev–Trinajstić information content (AvgIpc) is 4.14. The summed E-state index contributed by atoms with van der Waals surface area (Å²) in [7, 11) is 0. The third-order valence-corrected chi connectivity index (χ3v) is 11.2. The van der Waals surface area contributed by atoms with Crippen molar-refractivity contribution in [2.45, 2.75) is 83.5 Å². The highest BCUT2D eigenvalue weighted by Crippen LogP contribution is 2.29. The molecule has 6 heterocycles. The molecule has 9 rings (SSSR count). The van der Waals surface area contributed by atoms with Crippen molar-refractivity contribution < 1.29 is 38.6 Å². The first-order valence-corrected chi connectivity index (χ1v) is 22.0. The number of amides is 2. The summed E-state index contributed by atoms with van der Waals surface area (Å²) in [6.45, 7) is 5.10. The number of H-pyrrole nitrogens is 2. The van der Waals surface area contributed by atoms with Crippen molar-refractivity contribution in [2.24, 2.45) is 0 Å². The predicted molar refractivity (Wildman–Crippen MR) is 247 cm³/mol. The standard InChI is InChI=1S/C27H24N4O6.C20H21N3O3.C3H8/c32-26(19-8-10-21(11-9-19)31(34)35)37-23-14-22(13-20-15-29-25-24(20)7-4-12-28-25)30(16-23)27(33)36-17-18-5-2-1-3-6-18;24-17-10-16(9-15-11-22-19-18(15)7-4-8-21-19)23(12-17)20(25)26-13-14-5-2-1-3-6-14;1-3-2/h1-12,15,22-23H,13-14,16-17H2,(H,28,29);1-8,11,16-17,24H,9-10,12-13H2,(H,21,22);3H2,1-2H3/t22-,23+;16-,17-;/m11./s1. The van der Waals surface area contributed by atoms with Crippen LogP contribution in [0.2, 0.25) is 0 Å². The molecule has 4 aromatic heterocycles. The molecule has 2 fully saturated rings. The Hall–Kier alpha value is -7.59. The third-order valence-electron chi connectivity index (χ3n) is 11.2. The highest BCUT2D eigenvalue weighted by atomic mass is 16.6. The lowest BCUT2D eigenvalue weighted by atomic mass is 10.0. The molecule has 7 aromatic rings. The summed E-state index contributed by atoms with van der Waals surface area (Å²) in [6, 6.07) is 31.6. The van der Waals surface area contributed by atoms with Crippen molar-refractivity contribution >= 4 is 45.9 Å². The zero-order valence-electron chi connectivity index (χ0n) is 36.8. The van der Waals surface area contributed by atoms with E-state index < -0.39 is 29.2 Å². The van der Waals surface area contributed by atoms with Gasteiger partial charge in [-0.2, -0.15) is 0 Å². The number of carbonyl (C=O) groups is 3. The van der Waals surface area contributed by atoms with Gasteiger partial charge in [0, 0.05) is 66.2 Å². The molecule has 3 N–H and O–H groups in total. The van der Waals surface area contributed by atoms with E-state index in [2.05, 4.69) is 33.8 Å². The minimum absolute atomic E-state index is 0.0903. The normalized spacial score (nSPS) is 17.6. The molecule has 2 aliphatic heterocycles. The molecule has 66 heavy (non-hydrogen) atoms. The number of rotatable bonds is 11. The van der Waals surface area contributed by atoms with Crippen LogP contribution in [-0.4, -0.2) is 95.3 Å². The number of aromatic amines is 2. The number of aliphatic hydroxyl groups excluding tert-OH is 1. The van der Waals surface area contributed by atoms with Gasteiger partial charge < -0.3 is 39.1 Å². The maximum absolute atomic E-state index is 13.1. The molecule has 4 atom stereocenters. The number of nitrogens with one attached hydrogen (secondary N) is 2. The largest absolute Gasteiger partial charge is 0.457 e. The molecule has 342 valence electrons. The van der Waals surface area contributed by atoms with Gasteiger partial charge in [0.25, 0.3) is 5.69 Å². The number of ether oxygens (including phenoxy) is 3. The lowest BCUT2D eigenvalue weighted by molar-refractivity contribution is -0.384. The van der Waals surface area contributed by atoms with E-state index in [0.717, 1.165) is 44.3 Å². The first kappa shape index (κ1) is 46.4. The third kappa shape index (κ3) is 11.9. The van der Waals surface area contributed by atoms with Crippen molar-refractivity contribution in [1.82, 2.24) is 29.7 Å². The van der Waals surface area contributed by atoms with Gasteiger partial charge in [-0.3, -0.25) is 10.1 Å². The smallest absolute Gasteiger partial charge is 0.410 e. The Kier molecular flexibility index (Phi) is 15.7. The van der Waals surface area contributed by atoms with Crippen LogP contribution in [-0.2, 0) is 40.3 Å². The van der Waals surface area contributed by atoms with Gasteiger partial charge in [-0.25, -0.2) is 24.4 Å². The van der Waals surface area contributed by atoms with Gasteiger partial charge in [-0.1, -0.05) is 80.9 Å². The average molecular weight is 896 g/mol. The topological polar surface area (TPSA) is 206 Å². The summed E-state index contributed by atoms with van der Waals surface area (Å²) >= 11 is 0. The Balaban J connectivity index is 0.000000195. The Morgan fingerprint density at radius 2 is 1.18 bits per heavy atom. The maximum atomic E-state index is 13.1. The number of aromatic nitrogens is 4. The summed E-state index contributed by atoms with van der Waals surface area (Å²) in [5.74, 6) is -0.602. The van der Waals surface area contributed by atoms with Crippen LogP contribution in [0.4, 0.5) is 15.3 Å². The molecule has 2 aliphatic rings. The van der Waals surface area contributed by atoms with Crippen molar-refractivity contribution in [2.75, 3.05) is 13.1 Å². The highest BCUT2D eigenvalue weighted by Gasteiger charge is 2.39. The van der Waals surface area contributed by atoms with Crippen LogP contribution in [0.5, 0.6) is 0 Å². The highest BCUT2D eigenvalue weighted by molar-refractivity contribution is 5.90. The minimum atomic E-state index is -0.602. The summed E-state index contributed by atoms with van der Waals surface area (Å²) < 4.78 is 16.7. The SMILES string of the molecule is CCC.O=C(OCc1ccccc1)N1C[C@H](O)C[C@H]1Cc1c[nH]c2ncccc12.O=C(O[C@H]1C[C@@H](Cc2c[nH]c3ncccc23)N(C(=O)OCc2ccccc2)C1)c1ccc([N+](=O)[O-])cc1. The summed E-state index contributed by atoms with van der Waals surface area (Å²) in [4.78, 5) is 66.9. The molecule has 0 unspecified atom stereocenters. The van der Waals surface area contributed by atoms with Crippen LogP contribution in [0, 0.1) is 10.1 Å². The lowest BCUT2D eigenvalue weighted by Gasteiger charge is -2.23. The first-order chi connectivity index (χ1) is 32.1. The Bertz CT molecular complexity index is 2690. The molecule has 0 saturated carbocycles. The molecule has 0 aliphatic carbocycles. The lowest BCUT2D eigenvalue weighted by Crippen LogP contribution is -2.37. The molecule has 0 bridgehead atoms. The minimum Gasteiger partial charge on any atom is -0.457 e. The molecule has 0 radical (unpaired) electrons. The van der Waals surface area contributed by atoms with Gasteiger partial charge >= 0.3 is 18.2 Å². The molecule has 2 saturated heterocycles. The van der Waals surface area contributed by atoms with E-state index in [-0.39, 0.29) is 49.2 Å². The second-order valence-electron chi connectivity index (χ2n) is 16.2. The van der Waals surface area contributed by atoms with Gasteiger partial charge in [0.05, 0.1) is 29.7 Å². The molecule has 16 heteroatoms. The fraction of sp³-hybridized carbons (Fsp3) is 0.300. The number of nitro benzene ring substituents is 1. The number of carbonyl (C=O) groups excluding carboxylic acids is 3. The number of nitro groups is 1. The van der Waals surface area contributed by atoms with E-state index >= 15 is 0 Å². The monoisotopic (exact) mass is 895 g/mol. The van der Waals surface area contributed by atoms with E-state index in [9.17, 15) is 29.6 Å². The zero-order valence-corrected chi connectivity index (χ0v) is 36.8. The fourth-order valence-corrected chi connectivity index (χ4v) is 8.10. The molecular formula is C50H53N7O9. The Morgan fingerprint density at radius 3 is 1.68 bits per heavy atom. The molecular weight excluding hydrogens is 843 g/mol. The second kappa shape index (κ2) is 22.3. The van der Waals surface area contributed by atoms with Gasteiger partial charge in [0.15, 0.2) is 0 Å². The number of benzene rings is 3.